The van der Waals surface area contributed by atoms with Gasteiger partial charge >= 0.3 is 0 Å². The molecule has 0 bridgehead atoms. The van der Waals surface area contributed by atoms with E-state index in [1.54, 1.807) is 0 Å². The van der Waals surface area contributed by atoms with Crippen molar-refractivity contribution in [3.05, 3.63) is 90.0 Å². The molecule has 1 heterocycles. The van der Waals surface area contributed by atoms with Gasteiger partial charge in [-0.05, 0) is 42.8 Å². The first-order valence-electron chi connectivity index (χ1n) is 10.2. The van der Waals surface area contributed by atoms with Crippen LogP contribution in [0.4, 0.5) is 5.69 Å². The largest absolute Gasteiger partial charge is 0.489 e. The Morgan fingerprint density at radius 1 is 1.00 bits per heavy atom. The lowest BCUT2D eigenvalue weighted by molar-refractivity contribution is -0.113. The summed E-state index contributed by atoms with van der Waals surface area (Å²) in [5.74, 6) is 1.67. The summed E-state index contributed by atoms with van der Waals surface area (Å²) in [6.07, 6.45) is 0. The van der Waals surface area contributed by atoms with Crippen molar-refractivity contribution in [2.75, 3.05) is 11.1 Å². The predicted molar refractivity (Wildman–Crippen MR) is 128 cm³/mol. The zero-order valence-corrected chi connectivity index (χ0v) is 18.8. The number of aromatic nitrogens is 3. The molecule has 1 amide bonds. The van der Waals surface area contributed by atoms with Gasteiger partial charge in [0.05, 0.1) is 5.75 Å². The Labute approximate surface area is 191 Å². The second kappa shape index (κ2) is 10.2. The molecule has 4 aromatic rings. The third kappa shape index (κ3) is 5.56. The molecule has 0 saturated heterocycles. The number of hydrogen-bond acceptors (Lipinski definition) is 5. The van der Waals surface area contributed by atoms with Gasteiger partial charge in [0.1, 0.15) is 12.4 Å². The highest BCUT2D eigenvalue weighted by Crippen LogP contribution is 2.24. The fraction of sp³-hybridized carbons (Fsp3) is 0.160. The summed E-state index contributed by atoms with van der Waals surface area (Å²) in [6.45, 7) is 2.55. The van der Waals surface area contributed by atoms with Crippen molar-refractivity contribution >= 4 is 23.4 Å². The lowest BCUT2D eigenvalue weighted by Crippen LogP contribution is -2.14. The summed E-state index contributed by atoms with van der Waals surface area (Å²) in [5.41, 5.74) is 4.00. The average Bonchev–Trinajstić information content (AvgIpc) is 3.18. The summed E-state index contributed by atoms with van der Waals surface area (Å²) < 4.78 is 7.69. The number of anilines is 1. The normalized spacial score (nSPS) is 10.7. The first-order valence-corrected chi connectivity index (χ1v) is 11.2. The second-order valence-corrected chi connectivity index (χ2v) is 8.31. The van der Waals surface area contributed by atoms with Gasteiger partial charge in [0.15, 0.2) is 11.0 Å². The van der Waals surface area contributed by atoms with Gasteiger partial charge in [-0.1, -0.05) is 65.9 Å². The maximum atomic E-state index is 12.4. The molecule has 7 heteroatoms. The van der Waals surface area contributed by atoms with Crippen LogP contribution in [-0.4, -0.2) is 26.4 Å². The molecule has 0 fully saturated rings. The Hall–Kier alpha value is -3.58. The SMILES string of the molecule is Cc1cccc(-c2nnc(SCC(=O)Nc3ccc(OCc4ccccc4)cc3)n2C)c1. The fourth-order valence-electron chi connectivity index (χ4n) is 3.18. The van der Waals surface area contributed by atoms with Gasteiger partial charge < -0.3 is 14.6 Å². The first-order chi connectivity index (χ1) is 15.6. The number of ether oxygens (including phenoxy) is 1. The van der Waals surface area contributed by atoms with Crippen molar-refractivity contribution in [3.63, 3.8) is 0 Å². The number of thioether (sulfide) groups is 1. The molecule has 0 aliphatic carbocycles. The summed E-state index contributed by atoms with van der Waals surface area (Å²) >= 11 is 1.36. The van der Waals surface area contributed by atoms with E-state index in [0.29, 0.717) is 11.8 Å². The maximum Gasteiger partial charge on any atom is 0.234 e. The molecule has 162 valence electrons. The first kappa shape index (κ1) is 21.6. The molecular formula is C25H24N4O2S. The van der Waals surface area contributed by atoms with E-state index >= 15 is 0 Å². The van der Waals surface area contributed by atoms with Gasteiger partial charge in [-0.15, -0.1) is 10.2 Å². The minimum absolute atomic E-state index is 0.104. The average molecular weight is 445 g/mol. The Bertz CT molecular complexity index is 1190. The molecule has 6 nitrogen and oxygen atoms in total. The summed E-state index contributed by atoms with van der Waals surface area (Å²) in [5, 5.41) is 12.1. The van der Waals surface area contributed by atoms with E-state index in [1.807, 2.05) is 91.3 Å². The number of nitrogens with zero attached hydrogens (tertiary/aromatic N) is 3. The van der Waals surface area contributed by atoms with Crippen molar-refractivity contribution < 1.29 is 9.53 Å². The van der Waals surface area contributed by atoms with E-state index in [4.69, 9.17) is 4.74 Å². The van der Waals surface area contributed by atoms with Gasteiger partial charge in [-0.2, -0.15) is 0 Å². The Kier molecular flexibility index (Phi) is 6.87. The quantitative estimate of drug-likeness (QED) is 0.383. The molecule has 4 rings (SSSR count). The van der Waals surface area contributed by atoms with Crippen molar-refractivity contribution in [3.8, 4) is 17.1 Å². The van der Waals surface area contributed by atoms with E-state index < -0.39 is 0 Å². The molecule has 0 unspecified atom stereocenters. The number of hydrogen-bond donors (Lipinski definition) is 1. The van der Waals surface area contributed by atoms with Crippen LogP contribution in [0.15, 0.2) is 84.0 Å². The van der Waals surface area contributed by atoms with E-state index in [9.17, 15) is 4.79 Å². The van der Waals surface area contributed by atoms with E-state index in [0.717, 1.165) is 34.0 Å². The second-order valence-electron chi connectivity index (χ2n) is 7.37. The van der Waals surface area contributed by atoms with Crippen molar-refractivity contribution in [1.29, 1.82) is 0 Å². The highest BCUT2D eigenvalue weighted by Gasteiger charge is 2.13. The molecule has 3 aromatic carbocycles. The summed E-state index contributed by atoms with van der Waals surface area (Å²) in [6, 6.07) is 25.5. The topological polar surface area (TPSA) is 69.0 Å². The van der Waals surface area contributed by atoms with Crippen LogP contribution in [0.25, 0.3) is 11.4 Å². The molecular weight excluding hydrogens is 420 g/mol. The highest BCUT2D eigenvalue weighted by atomic mass is 32.2. The van der Waals surface area contributed by atoms with Crippen molar-refractivity contribution in [1.82, 2.24) is 14.8 Å². The Balaban J connectivity index is 1.29. The van der Waals surface area contributed by atoms with Crippen LogP contribution in [0.1, 0.15) is 11.1 Å². The minimum atomic E-state index is -0.104. The van der Waals surface area contributed by atoms with Gasteiger partial charge in [0.25, 0.3) is 0 Å². The van der Waals surface area contributed by atoms with Crippen molar-refractivity contribution in [2.45, 2.75) is 18.7 Å². The summed E-state index contributed by atoms with van der Waals surface area (Å²) in [4.78, 5) is 12.4. The van der Waals surface area contributed by atoms with Gasteiger partial charge in [0.2, 0.25) is 5.91 Å². The summed E-state index contributed by atoms with van der Waals surface area (Å²) in [7, 11) is 1.91. The van der Waals surface area contributed by atoms with Crippen LogP contribution >= 0.6 is 11.8 Å². The minimum Gasteiger partial charge on any atom is -0.489 e. The predicted octanol–water partition coefficient (Wildman–Crippen LogP) is 5.10. The van der Waals surface area contributed by atoms with E-state index in [1.165, 1.54) is 11.8 Å². The number of nitrogens with one attached hydrogen (secondary N) is 1. The number of carbonyl (C=O) groups excluding carboxylic acids is 1. The van der Waals surface area contributed by atoms with Crippen LogP contribution in [0.2, 0.25) is 0 Å². The highest BCUT2D eigenvalue weighted by molar-refractivity contribution is 7.99. The molecule has 1 aromatic heterocycles. The Morgan fingerprint density at radius 3 is 2.53 bits per heavy atom. The molecule has 0 atom stereocenters. The molecule has 0 saturated carbocycles. The molecule has 0 aliphatic rings. The molecule has 0 aliphatic heterocycles. The number of rotatable bonds is 8. The zero-order chi connectivity index (χ0) is 22.3. The molecule has 0 spiro atoms. The van der Waals surface area contributed by atoms with E-state index in [2.05, 4.69) is 21.6 Å². The number of benzene rings is 3. The van der Waals surface area contributed by atoms with Crippen LogP contribution in [0.5, 0.6) is 5.75 Å². The number of carbonyl (C=O) groups is 1. The standard InChI is InChI=1S/C25H24N4O2S/c1-18-7-6-10-20(15-18)24-27-28-25(29(24)2)32-17-23(30)26-21-11-13-22(14-12-21)31-16-19-8-4-3-5-9-19/h3-15H,16-17H2,1-2H3,(H,26,30). The molecule has 32 heavy (non-hydrogen) atoms. The zero-order valence-electron chi connectivity index (χ0n) is 18.0. The van der Waals surface area contributed by atoms with Crippen LogP contribution in [0, 0.1) is 6.92 Å². The van der Waals surface area contributed by atoms with Gasteiger partial charge in [-0.3, -0.25) is 4.79 Å². The third-order valence-electron chi connectivity index (χ3n) is 4.83. The maximum absolute atomic E-state index is 12.4. The van der Waals surface area contributed by atoms with Crippen LogP contribution in [-0.2, 0) is 18.4 Å². The number of aryl methyl sites for hydroxylation is 1. The van der Waals surface area contributed by atoms with Crippen molar-refractivity contribution in [2.24, 2.45) is 7.05 Å². The van der Waals surface area contributed by atoms with Gasteiger partial charge in [0, 0.05) is 18.3 Å². The smallest absolute Gasteiger partial charge is 0.234 e. The van der Waals surface area contributed by atoms with Gasteiger partial charge in [-0.25, -0.2) is 0 Å². The van der Waals surface area contributed by atoms with E-state index in [-0.39, 0.29) is 11.7 Å². The lowest BCUT2D eigenvalue weighted by atomic mass is 10.1. The third-order valence-corrected chi connectivity index (χ3v) is 5.85. The van der Waals surface area contributed by atoms with Crippen LogP contribution < -0.4 is 10.1 Å². The lowest BCUT2D eigenvalue weighted by Gasteiger charge is -2.08. The number of amides is 1. The molecule has 0 radical (unpaired) electrons. The fourth-order valence-corrected chi connectivity index (χ4v) is 3.89. The Morgan fingerprint density at radius 2 is 1.78 bits per heavy atom. The monoisotopic (exact) mass is 444 g/mol. The van der Waals surface area contributed by atoms with Crippen LogP contribution in [0.3, 0.4) is 0 Å². The molecule has 1 N–H and O–H groups in total.